The molecule has 0 fully saturated rings. The van der Waals surface area contributed by atoms with Gasteiger partial charge in [0, 0.05) is 15.6 Å². The van der Waals surface area contributed by atoms with Crippen LogP contribution in [-0.2, 0) is 16.1 Å². The van der Waals surface area contributed by atoms with Crippen LogP contribution < -0.4 is 19.6 Å². The Morgan fingerprint density at radius 1 is 1.02 bits per heavy atom. The molecule has 0 unspecified atom stereocenters. The maximum Gasteiger partial charge on any atom is 0.338 e. The van der Waals surface area contributed by atoms with Crippen LogP contribution in [-0.4, -0.2) is 17.1 Å². The number of ether oxygens (including phenoxy) is 2. The highest BCUT2D eigenvalue weighted by Gasteiger charge is 2.34. The number of aromatic nitrogens is 1. The normalized spacial score (nSPS) is 14.9. The molecule has 0 aliphatic carbocycles. The van der Waals surface area contributed by atoms with E-state index in [0.717, 1.165) is 27.5 Å². The first-order valence-corrected chi connectivity index (χ1v) is 15.3. The summed E-state index contributed by atoms with van der Waals surface area (Å²) in [7, 11) is 0. The van der Waals surface area contributed by atoms with E-state index in [1.165, 1.54) is 11.3 Å². The van der Waals surface area contributed by atoms with Gasteiger partial charge in [-0.2, -0.15) is 0 Å². The Kier molecular flexibility index (Phi) is 8.21. The highest BCUT2D eigenvalue weighted by Crippen LogP contribution is 2.35. The van der Waals surface area contributed by atoms with Gasteiger partial charge in [-0.3, -0.25) is 9.36 Å². The van der Waals surface area contributed by atoms with Crippen LogP contribution in [0.5, 0.6) is 5.75 Å². The largest absolute Gasteiger partial charge is 0.489 e. The molecular weight excluding hydrogens is 603 g/mol. The molecule has 43 heavy (non-hydrogen) atoms. The molecule has 216 valence electrons. The standard InChI is InChI=1S/C34H26Cl2N2O4S/c1-3-41-33(40)30-20(2)37-34-38(31(30)27-13-7-10-22-9-4-5-12-26(22)27)32(39)29(43-34)17-21-8-6-11-25(16-21)42-19-23-14-15-24(35)18-28(23)36/h4-18,31H,3,19H2,1-2H3/b29-17-/t31-/m1/s1. The van der Waals surface area contributed by atoms with E-state index < -0.39 is 12.0 Å². The van der Waals surface area contributed by atoms with Gasteiger partial charge in [0.1, 0.15) is 12.4 Å². The lowest BCUT2D eigenvalue weighted by atomic mass is 9.91. The van der Waals surface area contributed by atoms with E-state index in [0.29, 0.717) is 36.4 Å². The molecule has 0 amide bonds. The number of carbonyl (C=O) groups is 1. The van der Waals surface area contributed by atoms with Crippen LogP contribution in [0.3, 0.4) is 0 Å². The summed E-state index contributed by atoms with van der Waals surface area (Å²) >= 11 is 13.6. The van der Waals surface area contributed by atoms with E-state index in [-0.39, 0.29) is 18.8 Å². The summed E-state index contributed by atoms with van der Waals surface area (Å²) < 4.78 is 13.5. The third kappa shape index (κ3) is 5.76. The van der Waals surface area contributed by atoms with Crippen molar-refractivity contribution in [2.75, 3.05) is 6.61 Å². The molecule has 0 spiro atoms. The first-order chi connectivity index (χ1) is 20.8. The molecule has 5 aromatic rings. The molecule has 1 aromatic heterocycles. The summed E-state index contributed by atoms with van der Waals surface area (Å²) in [5.74, 6) is 0.142. The number of hydrogen-bond acceptors (Lipinski definition) is 6. The number of hydrogen-bond donors (Lipinski definition) is 0. The molecule has 6 rings (SSSR count). The summed E-state index contributed by atoms with van der Waals surface area (Å²) in [6.07, 6.45) is 1.81. The lowest BCUT2D eigenvalue weighted by Gasteiger charge is -2.25. The number of allylic oxidation sites excluding steroid dienone is 1. The number of benzene rings is 4. The summed E-state index contributed by atoms with van der Waals surface area (Å²) in [4.78, 5) is 32.6. The van der Waals surface area contributed by atoms with Crippen LogP contribution in [0.15, 0.2) is 106 Å². The summed E-state index contributed by atoms with van der Waals surface area (Å²) in [6, 6.07) is 25.9. The van der Waals surface area contributed by atoms with Gasteiger partial charge in [-0.25, -0.2) is 9.79 Å². The van der Waals surface area contributed by atoms with Gasteiger partial charge in [0.15, 0.2) is 4.80 Å². The molecule has 2 heterocycles. The van der Waals surface area contributed by atoms with Crippen molar-refractivity contribution in [1.82, 2.24) is 4.57 Å². The van der Waals surface area contributed by atoms with Gasteiger partial charge in [0.05, 0.1) is 28.5 Å². The number of esters is 1. The van der Waals surface area contributed by atoms with E-state index in [9.17, 15) is 9.59 Å². The molecule has 0 radical (unpaired) electrons. The van der Waals surface area contributed by atoms with Gasteiger partial charge in [-0.15, -0.1) is 0 Å². The molecular formula is C34H26Cl2N2O4S. The van der Waals surface area contributed by atoms with E-state index in [1.54, 1.807) is 30.5 Å². The predicted octanol–water partition coefficient (Wildman–Crippen LogP) is 6.84. The van der Waals surface area contributed by atoms with E-state index in [4.69, 9.17) is 37.7 Å². The Morgan fingerprint density at radius 2 is 1.81 bits per heavy atom. The van der Waals surface area contributed by atoms with Gasteiger partial charge in [-0.05, 0) is 66.1 Å². The highest BCUT2D eigenvalue weighted by molar-refractivity contribution is 7.07. The van der Waals surface area contributed by atoms with Gasteiger partial charge in [0.25, 0.3) is 5.56 Å². The Hall–Kier alpha value is -4.17. The zero-order valence-corrected chi connectivity index (χ0v) is 25.7. The van der Waals surface area contributed by atoms with Crippen LogP contribution in [0.1, 0.15) is 36.6 Å². The van der Waals surface area contributed by atoms with E-state index in [2.05, 4.69) is 0 Å². The first kappa shape index (κ1) is 28.9. The van der Waals surface area contributed by atoms with Crippen LogP contribution >= 0.6 is 34.5 Å². The maximum atomic E-state index is 14.1. The van der Waals surface area contributed by atoms with Crippen molar-refractivity contribution in [2.24, 2.45) is 4.99 Å². The fourth-order valence-corrected chi connectivity index (χ4v) is 6.73. The molecule has 0 bridgehead atoms. The topological polar surface area (TPSA) is 69.9 Å². The van der Waals surface area contributed by atoms with E-state index in [1.807, 2.05) is 78.9 Å². The second kappa shape index (κ2) is 12.2. The van der Waals surface area contributed by atoms with Crippen molar-refractivity contribution in [3.8, 4) is 5.75 Å². The molecule has 0 saturated carbocycles. The Balaban J connectivity index is 1.43. The lowest BCUT2D eigenvalue weighted by Crippen LogP contribution is -2.40. The Morgan fingerprint density at radius 3 is 2.63 bits per heavy atom. The van der Waals surface area contributed by atoms with Crippen molar-refractivity contribution >= 4 is 57.4 Å². The van der Waals surface area contributed by atoms with Crippen molar-refractivity contribution < 1.29 is 14.3 Å². The Bertz CT molecular complexity index is 2090. The zero-order chi connectivity index (χ0) is 30.1. The van der Waals surface area contributed by atoms with Crippen LogP contribution in [0.4, 0.5) is 0 Å². The number of carbonyl (C=O) groups excluding carboxylic acids is 1. The third-order valence-electron chi connectivity index (χ3n) is 7.20. The molecule has 0 N–H and O–H groups in total. The summed E-state index contributed by atoms with van der Waals surface area (Å²) in [5, 5.41) is 3.05. The van der Waals surface area contributed by atoms with Crippen molar-refractivity contribution in [1.29, 1.82) is 0 Å². The second-order valence-corrected chi connectivity index (χ2v) is 11.8. The molecule has 9 heteroatoms. The number of thiazole rings is 1. The monoisotopic (exact) mass is 628 g/mol. The quantitative estimate of drug-likeness (QED) is 0.185. The van der Waals surface area contributed by atoms with Crippen LogP contribution in [0, 0.1) is 0 Å². The summed E-state index contributed by atoms with van der Waals surface area (Å²) in [5.41, 5.74) is 3.07. The summed E-state index contributed by atoms with van der Waals surface area (Å²) in [6.45, 7) is 4.03. The minimum absolute atomic E-state index is 0.213. The number of rotatable bonds is 7. The second-order valence-electron chi connectivity index (χ2n) is 9.97. The van der Waals surface area contributed by atoms with Crippen molar-refractivity contribution in [3.05, 3.63) is 143 Å². The van der Waals surface area contributed by atoms with Gasteiger partial charge in [-0.1, -0.05) is 95.2 Å². The minimum atomic E-state index is -0.692. The van der Waals surface area contributed by atoms with Crippen LogP contribution in [0.25, 0.3) is 16.8 Å². The van der Waals surface area contributed by atoms with Gasteiger partial charge in [0.2, 0.25) is 0 Å². The van der Waals surface area contributed by atoms with E-state index >= 15 is 0 Å². The van der Waals surface area contributed by atoms with Gasteiger partial charge < -0.3 is 9.47 Å². The first-order valence-electron chi connectivity index (χ1n) is 13.7. The fraction of sp³-hybridized carbons (Fsp3) is 0.147. The zero-order valence-electron chi connectivity index (χ0n) is 23.3. The smallest absolute Gasteiger partial charge is 0.338 e. The molecule has 0 saturated heterocycles. The number of nitrogens with zero attached hydrogens (tertiary/aromatic N) is 2. The third-order valence-corrected chi connectivity index (χ3v) is 8.77. The predicted molar refractivity (Wildman–Crippen MR) is 172 cm³/mol. The lowest BCUT2D eigenvalue weighted by molar-refractivity contribution is -0.139. The van der Waals surface area contributed by atoms with Crippen LogP contribution in [0.2, 0.25) is 10.0 Å². The number of halogens is 2. The fourth-order valence-electron chi connectivity index (χ4n) is 5.22. The highest BCUT2D eigenvalue weighted by atomic mass is 35.5. The molecule has 1 atom stereocenters. The molecule has 1 aliphatic heterocycles. The van der Waals surface area contributed by atoms with Crippen molar-refractivity contribution in [3.63, 3.8) is 0 Å². The van der Waals surface area contributed by atoms with Gasteiger partial charge >= 0.3 is 5.97 Å². The molecule has 4 aromatic carbocycles. The maximum absolute atomic E-state index is 14.1. The average Bonchev–Trinajstić information content (AvgIpc) is 3.29. The SMILES string of the molecule is CCOC(=O)C1=C(C)N=c2s/c(=C\c3cccc(OCc4ccc(Cl)cc4Cl)c3)c(=O)n2[C@@H]1c1cccc2ccccc12. The number of fused-ring (bicyclic) bond motifs is 2. The minimum Gasteiger partial charge on any atom is -0.489 e. The average molecular weight is 630 g/mol. The van der Waals surface area contributed by atoms with Crippen molar-refractivity contribution in [2.45, 2.75) is 26.5 Å². The molecule has 1 aliphatic rings. The Labute approximate surface area is 261 Å². The molecule has 6 nitrogen and oxygen atoms in total.